The van der Waals surface area contributed by atoms with Crippen LogP contribution in [0.15, 0.2) is 41.5 Å². The van der Waals surface area contributed by atoms with Crippen molar-refractivity contribution in [2.24, 2.45) is 0 Å². The van der Waals surface area contributed by atoms with Gasteiger partial charge in [0.25, 0.3) is 15.8 Å². The van der Waals surface area contributed by atoms with Crippen LogP contribution in [0.1, 0.15) is 12.8 Å². The first-order valence-corrected chi connectivity index (χ1v) is 10.8. The molecule has 0 aromatic carbocycles. The van der Waals surface area contributed by atoms with Gasteiger partial charge in [-0.05, 0) is 31.0 Å². The standard InChI is InChI=1S/C18H23N5O4S/c24-18-6-5-17(15-3-1-7-19-13-15)20-22(18)14-16-4-2-8-23(16)28(25,26)21-9-11-27-12-10-21/h1,3,5-7,13,16H,2,4,8-12,14H2. The van der Waals surface area contributed by atoms with Crippen LogP contribution in [0.25, 0.3) is 11.3 Å². The topological polar surface area (TPSA) is 97.6 Å². The van der Waals surface area contributed by atoms with Gasteiger partial charge in [-0.1, -0.05) is 0 Å². The van der Waals surface area contributed by atoms with Gasteiger partial charge in [0, 0.05) is 49.7 Å². The normalized spacial score (nSPS) is 21.8. The highest BCUT2D eigenvalue weighted by atomic mass is 32.2. The van der Waals surface area contributed by atoms with Crippen molar-refractivity contribution in [1.82, 2.24) is 23.4 Å². The highest BCUT2D eigenvalue weighted by Gasteiger charge is 2.39. The van der Waals surface area contributed by atoms with Crippen molar-refractivity contribution in [1.29, 1.82) is 0 Å². The van der Waals surface area contributed by atoms with Gasteiger partial charge < -0.3 is 4.74 Å². The van der Waals surface area contributed by atoms with Gasteiger partial charge in [-0.15, -0.1) is 0 Å². The van der Waals surface area contributed by atoms with Crippen LogP contribution in [0.3, 0.4) is 0 Å². The molecule has 4 rings (SSSR count). The van der Waals surface area contributed by atoms with Crippen molar-refractivity contribution in [3.63, 3.8) is 0 Å². The minimum atomic E-state index is -3.57. The van der Waals surface area contributed by atoms with Crippen molar-refractivity contribution in [2.75, 3.05) is 32.8 Å². The molecule has 0 saturated carbocycles. The zero-order valence-corrected chi connectivity index (χ0v) is 16.3. The van der Waals surface area contributed by atoms with Crippen molar-refractivity contribution < 1.29 is 13.2 Å². The van der Waals surface area contributed by atoms with Gasteiger partial charge in [0.15, 0.2) is 0 Å². The number of hydrogen-bond donors (Lipinski definition) is 0. The summed E-state index contributed by atoms with van der Waals surface area (Å²) in [7, 11) is -3.57. The van der Waals surface area contributed by atoms with Crippen LogP contribution in [0.4, 0.5) is 0 Å². The molecule has 0 spiro atoms. The summed E-state index contributed by atoms with van der Waals surface area (Å²) in [5.74, 6) is 0. The predicted octanol–water partition coefficient (Wildman–Crippen LogP) is 0.347. The van der Waals surface area contributed by atoms with Gasteiger partial charge in [-0.2, -0.15) is 22.1 Å². The highest BCUT2D eigenvalue weighted by Crippen LogP contribution is 2.25. The summed E-state index contributed by atoms with van der Waals surface area (Å²) in [6.07, 6.45) is 4.83. The van der Waals surface area contributed by atoms with Crippen LogP contribution in [-0.2, 0) is 21.5 Å². The molecule has 0 N–H and O–H groups in total. The molecule has 1 unspecified atom stereocenters. The Hall–Kier alpha value is -2.14. The van der Waals surface area contributed by atoms with E-state index in [-0.39, 0.29) is 18.1 Å². The highest BCUT2D eigenvalue weighted by molar-refractivity contribution is 7.86. The maximum atomic E-state index is 13.0. The lowest BCUT2D eigenvalue weighted by Crippen LogP contribution is -2.51. The average Bonchev–Trinajstić information content (AvgIpc) is 3.20. The van der Waals surface area contributed by atoms with E-state index in [9.17, 15) is 13.2 Å². The third kappa shape index (κ3) is 3.86. The minimum Gasteiger partial charge on any atom is -0.379 e. The molecule has 0 radical (unpaired) electrons. The summed E-state index contributed by atoms with van der Waals surface area (Å²) in [5, 5.41) is 4.44. The molecule has 10 heteroatoms. The molecule has 2 aromatic heterocycles. The zero-order valence-electron chi connectivity index (χ0n) is 15.5. The Morgan fingerprint density at radius 1 is 1.14 bits per heavy atom. The van der Waals surface area contributed by atoms with Gasteiger partial charge >= 0.3 is 0 Å². The summed E-state index contributed by atoms with van der Waals surface area (Å²) < 4.78 is 35.7. The quantitative estimate of drug-likeness (QED) is 0.712. The molecule has 0 amide bonds. The first-order chi connectivity index (χ1) is 13.6. The van der Waals surface area contributed by atoms with Crippen LogP contribution >= 0.6 is 0 Å². The molecular formula is C18H23N5O4S. The second kappa shape index (κ2) is 8.08. The number of nitrogens with zero attached hydrogens (tertiary/aromatic N) is 5. The molecular weight excluding hydrogens is 382 g/mol. The summed E-state index contributed by atoms with van der Waals surface area (Å²) in [6, 6.07) is 6.51. The number of ether oxygens (including phenoxy) is 1. The summed E-state index contributed by atoms with van der Waals surface area (Å²) in [6.45, 7) is 2.23. The van der Waals surface area contributed by atoms with Gasteiger partial charge in [-0.25, -0.2) is 4.68 Å². The maximum Gasteiger partial charge on any atom is 0.282 e. The lowest BCUT2D eigenvalue weighted by molar-refractivity contribution is 0.0697. The molecule has 150 valence electrons. The molecule has 2 aliphatic heterocycles. The first kappa shape index (κ1) is 19.2. The van der Waals surface area contributed by atoms with E-state index in [1.54, 1.807) is 24.5 Å². The van der Waals surface area contributed by atoms with Crippen LogP contribution < -0.4 is 5.56 Å². The fraction of sp³-hybridized carbons (Fsp3) is 0.500. The van der Waals surface area contributed by atoms with E-state index in [1.165, 1.54) is 19.4 Å². The number of aromatic nitrogens is 3. The van der Waals surface area contributed by atoms with E-state index >= 15 is 0 Å². The van der Waals surface area contributed by atoms with Crippen LogP contribution in [0, 0.1) is 0 Å². The monoisotopic (exact) mass is 405 g/mol. The fourth-order valence-corrected chi connectivity index (χ4v) is 5.48. The Kier molecular flexibility index (Phi) is 5.54. The molecule has 4 heterocycles. The second-order valence-corrected chi connectivity index (χ2v) is 8.79. The Bertz CT molecular complexity index is 973. The van der Waals surface area contributed by atoms with Crippen LogP contribution in [-0.4, -0.2) is 70.7 Å². The van der Waals surface area contributed by atoms with E-state index in [0.717, 1.165) is 12.0 Å². The lowest BCUT2D eigenvalue weighted by atomic mass is 10.2. The van der Waals surface area contributed by atoms with Crippen molar-refractivity contribution in [3.8, 4) is 11.3 Å². The van der Waals surface area contributed by atoms with Crippen molar-refractivity contribution in [3.05, 3.63) is 47.0 Å². The smallest absolute Gasteiger partial charge is 0.282 e. The molecule has 9 nitrogen and oxygen atoms in total. The summed E-state index contributed by atoms with van der Waals surface area (Å²) in [5.41, 5.74) is 1.19. The molecule has 2 saturated heterocycles. The first-order valence-electron chi connectivity index (χ1n) is 9.39. The minimum absolute atomic E-state index is 0.233. The molecule has 0 bridgehead atoms. The van der Waals surface area contributed by atoms with E-state index in [1.807, 2.05) is 6.07 Å². The Morgan fingerprint density at radius 3 is 2.71 bits per heavy atom. The third-order valence-electron chi connectivity index (χ3n) is 5.12. The van der Waals surface area contributed by atoms with Crippen LogP contribution in [0.2, 0.25) is 0 Å². The van der Waals surface area contributed by atoms with Crippen molar-refractivity contribution in [2.45, 2.75) is 25.4 Å². The zero-order chi connectivity index (χ0) is 19.6. The van der Waals surface area contributed by atoms with E-state index in [2.05, 4.69) is 10.1 Å². The SMILES string of the molecule is O=c1ccc(-c2cccnc2)nn1CC1CCCN1S(=O)(=O)N1CCOCC1. The van der Waals surface area contributed by atoms with Crippen molar-refractivity contribution >= 4 is 10.2 Å². The lowest BCUT2D eigenvalue weighted by Gasteiger charge is -2.33. The third-order valence-corrected chi connectivity index (χ3v) is 7.21. The fourth-order valence-electron chi connectivity index (χ4n) is 3.67. The maximum absolute atomic E-state index is 13.0. The Morgan fingerprint density at radius 2 is 1.96 bits per heavy atom. The van der Waals surface area contributed by atoms with E-state index in [4.69, 9.17) is 4.74 Å². The predicted molar refractivity (Wildman–Crippen MR) is 103 cm³/mol. The molecule has 2 aromatic rings. The van der Waals surface area contributed by atoms with Crippen LogP contribution in [0.5, 0.6) is 0 Å². The molecule has 0 aliphatic carbocycles. The molecule has 1 atom stereocenters. The number of pyridine rings is 1. The average molecular weight is 405 g/mol. The van der Waals surface area contributed by atoms with Gasteiger partial charge in [0.2, 0.25) is 0 Å². The molecule has 28 heavy (non-hydrogen) atoms. The number of rotatable bonds is 5. The summed E-state index contributed by atoms with van der Waals surface area (Å²) in [4.78, 5) is 16.4. The molecule has 2 aliphatic rings. The number of hydrogen-bond acceptors (Lipinski definition) is 6. The Balaban J connectivity index is 1.57. The van der Waals surface area contributed by atoms with Gasteiger partial charge in [-0.3, -0.25) is 9.78 Å². The largest absolute Gasteiger partial charge is 0.379 e. The summed E-state index contributed by atoms with van der Waals surface area (Å²) >= 11 is 0. The second-order valence-electron chi connectivity index (χ2n) is 6.91. The van der Waals surface area contributed by atoms with E-state index < -0.39 is 10.2 Å². The molecule has 2 fully saturated rings. The Labute approximate surface area is 163 Å². The van der Waals surface area contributed by atoms with Gasteiger partial charge in [0.05, 0.1) is 25.5 Å². The van der Waals surface area contributed by atoms with Gasteiger partial charge in [0.1, 0.15) is 0 Å². The van der Waals surface area contributed by atoms with E-state index in [0.29, 0.717) is 45.0 Å². The number of morpholine rings is 1.